The number of hydrogen-bond acceptors (Lipinski definition) is 4. The lowest BCUT2D eigenvalue weighted by Gasteiger charge is -2.10. The molecule has 0 aliphatic carbocycles. The molecule has 0 radical (unpaired) electrons. The highest BCUT2D eigenvalue weighted by molar-refractivity contribution is 6.29. The standard InChI is InChI=1S/C14H16ClN5/c1-4-10-8-17-20-13(7-12(15)19-14(10)20)18-11(5-2)6-9(3)16/h5-8,18H,2-4,16H2,1H3/b11-6+. The van der Waals surface area contributed by atoms with Crippen LogP contribution >= 0.6 is 11.6 Å². The van der Waals surface area contributed by atoms with Gasteiger partial charge in [-0.05, 0) is 18.6 Å². The van der Waals surface area contributed by atoms with E-state index < -0.39 is 0 Å². The summed E-state index contributed by atoms with van der Waals surface area (Å²) in [5.74, 6) is 0.687. The summed E-state index contributed by atoms with van der Waals surface area (Å²) in [4.78, 5) is 4.30. The summed E-state index contributed by atoms with van der Waals surface area (Å²) >= 11 is 6.06. The van der Waals surface area contributed by atoms with Gasteiger partial charge in [0.1, 0.15) is 11.0 Å². The maximum absolute atomic E-state index is 6.06. The zero-order chi connectivity index (χ0) is 14.7. The van der Waals surface area contributed by atoms with Crippen molar-refractivity contribution in [2.45, 2.75) is 13.3 Å². The van der Waals surface area contributed by atoms with Crippen molar-refractivity contribution in [3.63, 3.8) is 0 Å². The van der Waals surface area contributed by atoms with Gasteiger partial charge in [-0.25, -0.2) is 4.98 Å². The number of nitrogens with one attached hydrogen (secondary N) is 1. The van der Waals surface area contributed by atoms with Crippen LogP contribution in [0.4, 0.5) is 5.82 Å². The first-order chi connectivity index (χ1) is 9.55. The van der Waals surface area contributed by atoms with E-state index in [0.29, 0.717) is 22.4 Å². The second-order valence-electron chi connectivity index (χ2n) is 4.23. The minimum atomic E-state index is 0.394. The van der Waals surface area contributed by atoms with Gasteiger partial charge in [-0.15, -0.1) is 0 Å². The Morgan fingerprint density at radius 2 is 2.35 bits per heavy atom. The lowest BCUT2D eigenvalue weighted by atomic mass is 10.3. The van der Waals surface area contributed by atoms with Crippen LogP contribution < -0.4 is 11.1 Å². The number of nitrogens with two attached hydrogens (primary N) is 1. The van der Waals surface area contributed by atoms with Gasteiger partial charge < -0.3 is 11.1 Å². The average Bonchev–Trinajstić information content (AvgIpc) is 2.80. The molecule has 2 rings (SSSR count). The summed E-state index contributed by atoms with van der Waals surface area (Å²) in [6.45, 7) is 9.40. The lowest BCUT2D eigenvalue weighted by molar-refractivity contribution is 0.944. The molecule has 3 N–H and O–H groups in total. The summed E-state index contributed by atoms with van der Waals surface area (Å²) in [7, 11) is 0. The van der Waals surface area contributed by atoms with Crippen LogP contribution in [0.5, 0.6) is 0 Å². The first-order valence-electron chi connectivity index (χ1n) is 6.13. The van der Waals surface area contributed by atoms with Crippen LogP contribution in [-0.4, -0.2) is 14.6 Å². The van der Waals surface area contributed by atoms with E-state index in [-0.39, 0.29) is 0 Å². The Labute approximate surface area is 122 Å². The van der Waals surface area contributed by atoms with E-state index in [4.69, 9.17) is 17.3 Å². The number of allylic oxidation sites excluding steroid dienone is 2. The number of fused-ring (bicyclic) bond motifs is 1. The first-order valence-corrected chi connectivity index (χ1v) is 6.51. The quantitative estimate of drug-likeness (QED) is 0.656. The fraction of sp³-hybridized carbons (Fsp3) is 0.143. The molecule has 0 aliphatic rings. The molecule has 0 fully saturated rings. The fourth-order valence-corrected chi connectivity index (χ4v) is 1.99. The van der Waals surface area contributed by atoms with Crippen molar-refractivity contribution in [3.05, 3.63) is 59.7 Å². The number of anilines is 1. The highest BCUT2D eigenvalue weighted by Crippen LogP contribution is 2.20. The van der Waals surface area contributed by atoms with E-state index in [1.165, 1.54) is 0 Å². The van der Waals surface area contributed by atoms with Crippen LogP contribution in [-0.2, 0) is 6.42 Å². The van der Waals surface area contributed by atoms with E-state index in [1.807, 2.05) is 6.92 Å². The van der Waals surface area contributed by atoms with Crippen LogP contribution in [0.2, 0.25) is 5.15 Å². The Kier molecular flexibility index (Phi) is 4.10. The van der Waals surface area contributed by atoms with Crippen molar-refractivity contribution in [2.24, 2.45) is 5.73 Å². The summed E-state index contributed by atoms with van der Waals surface area (Å²) < 4.78 is 1.70. The number of hydrogen-bond donors (Lipinski definition) is 2. The highest BCUT2D eigenvalue weighted by atomic mass is 35.5. The molecule has 104 valence electrons. The predicted molar refractivity (Wildman–Crippen MR) is 82.6 cm³/mol. The number of rotatable bonds is 5. The summed E-state index contributed by atoms with van der Waals surface area (Å²) in [6.07, 6.45) is 5.93. The van der Waals surface area contributed by atoms with E-state index in [2.05, 4.69) is 28.6 Å². The Balaban J connectivity index is 2.51. The zero-order valence-electron chi connectivity index (χ0n) is 11.2. The van der Waals surface area contributed by atoms with Crippen LogP contribution in [0, 0.1) is 0 Å². The highest BCUT2D eigenvalue weighted by Gasteiger charge is 2.10. The lowest BCUT2D eigenvalue weighted by Crippen LogP contribution is -2.06. The Bertz CT molecular complexity index is 699. The van der Waals surface area contributed by atoms with Crippen molar-refractivity contribution < 1.29 is 0 Å². The van der Waals surface area contributed by atoms with Crippen LogP contribution in [0.25, 0.3) is 5.65 Å². The maximum Gasteiger partial charge on any atom is 0.162 e. The predicted octanol–water partition coefficient (Wildman–Crippen LogP) is 2.90. The smallest absolute Gasteiger partial charge is 0.162 e. The largest absolute Gasteiger partial charge is 0.399 e. The average molecular weight is 290 g/mol. The molecule has 0 atom stereocenters. The molecule has 0 saturated carbocycles. The third kappa shape index (κ3) is 2.83. The number of aromatic nitrogens is 3. The monoisotopic (exact) mass is 289 g/mol. The van der Waals surface area contributed by atoms with Crippen molar-refractivity contribution in [1.29, 1.82) is 0 Å². The van der Waals surface area contributed by atoms with Crippen molar-refractivity contribution in [2.75, 3.05) is 5.32 Å². The van der Waals surface area contributed by atoms with Gasteiger partial charge in [-0.2, -0.15) is 9.61 Å². The molecule has 6 heteroatoms. The normalized spacial score (nSPS) is 11.6. The molecule has 0 aliphatic heterocycles. The van der Waals surface area contributed by atoms with Crippen molar-refractivity contribution >= 4 is 23.1 Å². The second kappa shape index (κ2) is 5.79. The van der Waals surface area contributed by atoms with Crippen LogP contribution in [0.15, 0.2) is 49.0 Å². The SMILES string of the molecule is C=C/C(=C\C(=C)N)Nc1cc(Cl)nc2c(CC)cnn12. The molecule has 5 nitrogen and oxygen atoms in total. The van der Waals surface area contributed by atoms with Gasteiger partial charge in [0.25, 0.3) is 0 Å². The molecule has 0 saturated heterocycles. The fourth-order valence-electron chi connectivity index (χ4n) is 1.81. The molecule has 0 spiro atoms. The number of aryl methyl sites for hydroxylation is 1. The molecule has 0 unspecified atom stereocenters. The minimum Gasteiger partial charge on any atom is -0.399 e. The van der Waals surface area contributed by atoms with Crippen molar-refractivity contribution in [1.82, 2.24) is 14.6 Å². The van der Waals surface area contributed by atoms with Gasteiger partial charge in [0, 0.05) is 23.0 Å². The van der Waals surface area contributed by atoms with E-state index in [0.717, 1.165) is 17.6 Å². The molecule has 2 aromatic heterocycles. The van der Waals surface area contributed by atoms with E-state index in [1.54, 1.807) is 28.9 Å². The zero-order valence-corrected chi connectivity index (χ0v) is 12.0. The molecular formula is C14H16ClN5. The molecule has 2 heterocycles. The summed E-state index contributed by atoms with van der Waals surface area (Å²) in [5, 5.41) is 7.87. The third-order valence-corrected chi connectivity index (χ3v) is 2.92. The number of halogens is 1. The van der Waals surface area contributed by atoms with E-state index in [9.17, 15) is 0 Å². The Morgan fingerprint density at radius 3 is 2.95 bits per heavy atom. The Morgan fingerprint density at radius 1 is 1.60 bits per heavy atom. The molecule has 0 aromatic carbocycles. The Hall–Kier alpha value is -2.27. The van der Waals surface area contributed by atoms with Gasteiger partial charge in [0.2, 0.25) is 0 Å². The maximum atomic E-state index is 6.06. The minimum absolute atomic E-state index is 0.394. The summed E-state index contributed by atoms with van der Waals surface area (Å²) in [5.41, 5.74) is 8.47. The third-order valence-electron chi connectivity index (χ3n) is 2.73. The topological polar surface area (TPSA) is 68.2 Å². The first kappa shape index (κ1) is 14.1. The molecule has 0 bridgehead atoms. The number of nitrogens with zero attached hydrogens (tertiary/aromatic N) is 3. The summed E-state index contributed by atoms with van der Waals surface area (Å²) in [6, 6.07) is 1.69. The molecular weight excluding hydrogens is 274 g/mol. The van der Waals surface area contributed by atoms with Gasteiger partial charge in [0.05, 0.1) is 6.20 Å². The van der Waals surface area contributed by atoms with Crippen LogP contribution in [0.1, 0.15) is 12.5 Å². The van der Waals surface area contributed by atoms with Crippen molar-refractivity contribution in [3.8, 4) is 0 Å². The van der Waals surface area contributed by atoms with Gasteiger partial charge in [-0.1, -0.05) is 31.7 Å². The van der Waals surface area contributed by atoms with Gasteiger partial charge >= 0.3 is 0 Å². The molecule has 0 amide bonds. The van der Waals surface area contributed by atoms with E-state index >= 15 is 0 Å². The van der Waals surface area contributed by atoms with Gasteiger partial charge in [-0.3, -0.25) is 0 Å². The van der Waals surface area contributed by atoms with Crippen LogP contribution in [0.3, 0.4) is 0 Å². The molecule has 20 heavy (non-hydrogen) atoms. The molecule has 2 aromatic rings. The van der Waals surface area contributed by atoms with Gasteiger partial charge in [0.15, 0.2) is 5.65 Å². The second-order valence-corrected chi connectivity index (χ2v) is 4.61.